The summed E-state index contributed by atoms with van der Waals surface area (Å²) in [6.07, 6.45) is 2.10. The molecule has 0 aliphatic heterocycles. The van der Waals surface area contributed by atoms with Gasteiger partial charge in [-0.3, -0.25) is 14.9 Å². The lowest BCUT2D eigenvalue weighted by molar-refractivity contribution is -0.384. The SMILES string of the molecule is CCCCNc1nnc(SCC(=O)Nc2cc([N+](=O)[O-])ccc2F)s1. The van der Waals surface area contributed by atoms with Gasteiger partial charge >= 0.3 is 0 Å². The first kappa shape index (κ1) is 19.1. The number of aromatic nitrogens is 2. The van der Waals surface area contributed by atoms with E-state index in [1.54, 1.807) is 0 Å². The summed E-state index contributed by atoms with van der Waals surface area (Å²) in [5, 5.41) is 24.8. The van der Waals surface area contributed by atoms with Crippen molar-refractivity contribution < 1.29 is 14.1 Å². The molecule has 0 fully saturated rings. The number of non-ortho nitro benzene ring substituents is 1. The molecule has 0 aliphatic carbocycles. The Labute approximate surface area is 151 Å². The van der Waals surface area contributed by atoms with Crippen molar-refractivity contribution in [3.63, 3.8) is 0 Å². The molecule has 0 bridgehead atoms. The van der Waals surface area contributed by atoms with Crippen LogP contribution in [0.1, 0.15) is 19.8 Å². The zero-order valence-electron chi connectivity index (χ0n) is 13.3. The van der Waals surface area contributed by atoms with Gasteiger partial charge in [0.1, 0.15) is 5.82 Å². The number of hydrogen-bond donors (Lipinski definition) is 2. The van der Waals surface area contributed by atoms with Gasteiger partial charge in [0.15, 0.2) is 4.34 Å². The number of nitro groups is 1. The summed E-state index contributed by atoms with van der Waals surface area (Å²) in [7, 11) is 0. The van der Waals surface area contributed by atoms with E-state index in [-0.39, 0.29) is 17.1 Å². The Hall–Kier alpha value is -2.27. The van der Waals surface area contributed by atoms with Crippen LogP contribution in [-0.4, -0.2) is 33.3 Å². The molecule has 1 amide bonds. The van der Waals surface area contributed by atoms with E-state index >= 15 is 0 Å². The third-order valence-corrected chi connectivity index (χ3v) is 4.99. The number of anilines is 2. The highest BCUT2D eigenvalue weighted by Gasteiger charge is 2.14. The Kier molecular flexibility index (Phi) is 7.07. The first-order valence-electron chi connectivity index (χ1n) is 7.43. The number of halogens is 1. The highest BCUT2D eigenvalue weighted by molar-refractivity contribution is 8.01. The van der Waals surface area contributed by atoms with E-state index in [1.165, 1.54) is 11.3 Å². The van der Waals surface area contributed by atoms with Crippen molar-refractivity contribution in [2.45, 2.75) is 24.1 Å². The summed E-state index contributed by atoms with van der Waals surface area (Å²) in [5.74, 6) is -1.23. The number of rotatable bonds is 9. The molecule has 2 rings (SSSR count). The van der Waals surface area contributed by atoms with Crippen LogP contribution in [0.15, 0.2) is 22.5 Å². The monoisotopic (exact) mass is 385 g/mol. The molecule has 25 heavy (non-hydrogen) atoms. The van der Waals surface area contributed by atoms with Crippen molar-refractivity contribution in [1.29, 1.82) is 0 Å². The number of nitrogens with zero attached hydrogens (tertiary/aromatic N) is 3. The van der Waals surface area contributed by atoms with Gasteiger partial charge in [-0.15, -0.1) is 10.2 Å². The van der Waals surface area contributed by atoms with Crippen LogP contribution in [0.3, 0.4) is 0 Å². The highest BCUT2D eigenvalue weighted by Crippen LogP contribution is 2.26. The average Bonchev–Trinajstić information content (AvgIpc) is 3.03. The molecule has 0 spiro atoms. The molecule has 0 saturated carbocycles. The maximum absolute atomic E-state index is 13.6. The van der Waals surface area contributed by atoms with Gasteiger partial charge < -0.3 is 10.6 Å². The summed E-state index contributed by atoms with van der Waals surface area (Å²) in [5.41, 5.74) is -0.518. The number of unbranched alkanes of at least 4 members (excludes halogenated alkanes) is 1. The van der Waals surface area contributed by atoms with E-state index in [1.807, 2.05) is 0 Å². The number of thioether (sulfide) groups is 1. The van der Waals surface area contributed by atoms with Gasteiger partial charge in [0.05, 0.1) is 16.4 Å². The minimum Gasteiger partial charge on any atom is -0.360 e. The van der Waals surface area contributed by atoms with Gasteiger partial charge in [0.2, 0.25) is 11.0 Å². The van der Waals surface area contributed by atoms with Crippen LogP contribution in [0.4, 0.5) is 20.9 Å². The van der Waals surface area contributed by atoms with Gasteiger partial charge in [-0.2, -0.15) is 0 Å². The fourth-order valence-corrected chi connectivity index (χ4v) is 3.33. The Morgan fingerprint density at radius 1 is 1.44 bits per heavy atom. The number of hydrogen-bond acceptors (Lipinski definition) is 8. The normalized spacial score (nSPS) is 10.5. The van der Waals surface area contributed by atoms with Gasteiger partial charge in [-0.1, -0.05) is 36.4 Å². The summed E-state index contributed by atoms with van der Waals surface area (Å²) in [4.78, 5) is 22.0. The van der Waals surface area contributed by atoms with Gasteiger partial charge in [0.25, 0.3) is 5.69 Å². The summed E-state index contributed by atoms with van der Waals surface area (Å²) in [6.45, 7) is 2.90. The molecule has 1 heterocycles. The largest absolute Gasteiger partial charge is 0.360 e. The standard InChI is InChI=1S/C14H16FN5O3S2/c1-2-3-6-16-13-18-19-14(25-13)24-8-12(21)17-11-7-9(20(22)23)4-5-10(11)15/h4-5,7H,2-3,6,8H2,1H3,(H,16,18)(H,17,21). The molecule has 0 atom stereocenters. The van der Waals surface area contributed by atoms with Crippen LogP contribution in [0.5, 0.6) is 0 Å². The molecule has 0 aliphatic rings. The molecule has 1 aromatic carbocycles. The molecular weight excluding hydrogens is 369 g/mol. The predicted molar refractivity (Wildman–Crippen MR) is 95.7 cm³/mol. The second kappa shape index (κ2) is 9.28. The van der Waals surface area contributed by atoms with Crippen LogP contribution in [-0.2, 0) is 4.79 Å². The van der Waals surface area contributed by atoms with Crippen LogP contribution in [0.2, 0.25) is 0 Å². The van der Waals surface area contributed by atoms with E-state index in [0.29, 0.717) is 9.47 Å². The van der Waals surface area contributed by atoms with E-state index in [2.05, 4.69) is 27.8 Å². The molecule has 11 heteroatoms. The Morgan fingerprint density at radius 2 is 2.24 bits per heavy atom. The lowest BCUT2D eigenvalue weighted by atomic mass is 10.2. The molecule has 134 valence electrons. The Balaban J connectivity index is 1.87. The molecule has 8 nitrogen and oxygen atoms in total. The quantitative estimate of drug-likeness (QED) is 0.294. The van der Waals surface area contributed by atoms with Gasteiger partial charge in [-0.05, 0) is 12.5 Å². The number of nitrogens with one attached hydrogen (secondary N) is 2. The molecule has 0 radical (unpaired) electrons. The maximum Gasteiger partial charge on any atom is 0.271 e. The van der Waals surface area contributed by atoms with E-state index in [9.17, 15) is 19.3 Å². The average molecular weight is 385 g/mol. The fourth-order valence-electron chi connectivity index (χ4n) is 1.75. The number of amides is 1. The van der Waals surface area contributed by atoms with Gasteiger partial charge in [-0.25, -0.2) is 4.39 Å². The third-order valence-electron chi connectivity index (χ3n) is 2.97. The predicted octanol–water partition coefficient (Wildman–Crippen LogP) is 3.53. The Morgan fingerprint density at radius 3 is 2.96 bits per heavy atom. The van der Waals surface area contributed by atoms with Crippen molar-refractivity contribution in [2.24, 2.45) is 0 Å². The van der Waals surface area contributed by atoms with Crippen LogP contribution in [0, 0.1) is 15.9 Å². The number of carbonyl (C=O) groups is 1. The summed E-state index contributed by atoms with van der Waals surface area (Å²) in [6, 6.07) is 2.96. The molecule has 2 aromatic rings. The molecule has 0 saturated heterocycles. The van der Waals surface area contributed by atoms with E-state index in [0.717, 1.165) is 49.3 Å². The zero-order chi connectivity index (χ0) is 18.2. The van der Waals surface area contributed by atoms with Crippen LogP contribution >= 0.6 is 23.1 Å². The van der Waals surface area contributed by atoms with Crippen molar-refractivity contribution in [3.05, 3.63) is 34.1 Å². The number of benzene rings is 1. The van der Waals surface area contributed by atoms with E-state index in [4.69, 9.17) is 0 Å². The van der Waals surface area contributed by atoms with Crippen molar-refractivity contribution in [3.8, 4) is 0 Å². The van der Waals surface area contributed by atoms with E-state index < -0.39 is 16.6 Å². The number of nitro benzene ring substituents is 1. The molecule has 0 unspecified atom stereocenters. The highest BCUT2D eigenvalue weighted by atomic mass is 32.2. The minimum atomic E-state index is -0.734. The number of carbonyl (C=O) groups excluding carboxylic acids is 1. The summed E-state index contributed by atoms with van der Waals surface area (Å²) < 4.78 is 14.2. The summed E-state index contributed by atoms with van der Waals surface area (Å²) >= 11 is 2.49. The molecule has 1 aromatic heterocycles. The molecule has 2 N–H and O–H groups in total. The zero-order valence-corrected chi connectivity index (χ0v) is 15.0. The van der Waals surface area contributed by atoms with Crippen molar-refractivity contribution in [1.82, 2.24) is 10.2 Å². The topological polar surface area (TPSA) is 110 Å². The second-order valence-electron chi connectivity index (χ2n) is 4.91. The first-order valence-corrected chi connectivity index (χ1v) is 9.23. The lowest BCUT2D eigenvalue weighted by Crippen LogP contribution is -2.15. The van der Waals surface area contributed by atoms with Crippen LogP contribution < -0.4 is 10.6 Å². The second-order valence-corrected chi connectivity index (χ2v) is 7.11. The van der Waals surface area contributed by atoms with Crippen molar-refractivity contribution >= 4 is 45.5 Å². The minimum absolute atomic E-state index is 0.00821. The smallest absolute Gasteiger partial charge is 0.271 e. The van der Waals surface area contributed by atoms with Crippen LogP contribution in [0.25, 0.3) is 0 Å². The Bertz CT molecular complexity index is 756. The fraction of sp³-hybridized carbons (Fsp3) is 0.357. The van der Waals surface area contributed by atoms with Crippen molar-refractivity contribution in [2.75, 3.05) is 22.9 Å². The molecular formula is C14H16FN5O3S2. The first-order chi connectivity index (χ1) is 12.0. The lowest BCUT2D eigenvalue weighted by Gasteiger charge is -2.05. The van der Waals surface area contributed by atoms with Gasteiger partial charge in [0, 0.05) is 18.7 Å². The third kappa shape index (κ3) is 5.94. The maximum atomic E-state index is 13.6.